The molecule has 0 rings (SSSR count). The third-order valence-electron chi connectivity index (χ3n) is 15.7. The molecule has 6 nitrogen and oxygen atoms in total. The van der Waals surface area contributed by atoms with E-state index in [1.165, 1.54) is 238 Å². The third kappa shape index (κ3) is 67.5. The van der Waals surface area contributed by atoms with Gasteiger partial charge in [-0.2, -0.15) is 0 Å². The Labute approximate surface area is 503 Å². The van der Waals surface area contributed by atoms with Gasteiger partial charge in [0.15, 0.2) is 6.10 Å². The van der Waals surface area contributed by atoms with Crippen LogP contribution in [0.15, 0.2) is 72.9 Å². The lowest BCUT2D eigenvalue weighted by atomic mass is 10.0. The van der Waals surface area contributed by atoms with Crippen LogP contribution in [0.4, 0.5) is 0 Å². The van der Waals surface area contributed by atoms with Crippen molar-refractivity contribution in [3.8, 4) is 0 Å². The summed E-state index contributed by atoms with van der Waals surface area (Å²) < 4.78 is 17.0. The summed E-state index contributed by atoms with van der Waals surface area (Å²) in [6, 6.07) is 0. The van der Waals surface area contributed by atoms with E-state index in [-0.39, 0.29) is 31.1 Å². The fourth-order valence-electron chi connectivity index (χ4n) is 10.4. The van der Waals surface area contributed by atoms with E-state index in [0.717, 1.165) is 89.9 Å². The van der Waals surface area contributed by atoms with Crippen LogP contribution in [0.2, 0.25) is 0 Å². The molecule has 0 aliphatic carbocycles. The lowest BCUT2D eigenvalue weighted by Crippen LogP contribution is -2.30. The van der Waals surface area contributed by atoms with Gasteiger partial charge in [-0.05, 0) is 89.9 Å². The molecule has 0 N–H and O–H groups in total. The van der Waals surface area contributed by atoms with Crippen LogP contribution in [-0.2, 0) is 28.6 Å². The number of carbonyl (C=O) groups is 3. The number of rotatable bonds is 65. The van der Waals surface area contributed by atoms with Crippen molar-refractivity contribution in [1.29, 1.82) is 0 Å². The molecular weight excluding hydrogens is 997 g/mol. The SMILES string of the molecule is CC/C=C\C/C=C\C/C=C\C/C=C\C/C=C\CCCCCCCCCCCCCCCC(=O)OCC(COC(=O)CCCCCCCCCCCCC)OC(=O)CCCCCCCCCCCCC/C=C\CCCCCCCCCC. The number of hydrogen-bond donors (Lipinski definition) is 0. The van der Waals surface area contributed by atoms with Crippen LogP contribution in [0.5, 0.6) is 0 Å². The van der Waals surface area contributed by atoms with Crippen LogP contribution >= 0.6 is 0 Å². The average molecular weight is 1130 g/mol. The zero-order valence-corrected chi connectivity index (χ0v) is 54.1. The Morgan fingerprint density at radius 1 is 0.259 bits per heavy atom. The highest BCUT2D eigenvalue weighted by molar-refractivity contribution is 5.71. The maximum Gasteiger partial charge on any atom is 0.306 e. The van der Waals surface area contributed by atoms with Gasteiger partial charge in [-0.3, -0.25) is 14.4 Å². The van der Waals surface area contributed by atoms with Crippen LogP contribution in [0.1, 0.15) is 367 Å². The molecule has 0 amide bonds. The maximum absolute atomic E-state index is 12.9. The van der Waals surface area contributed by atoms with Crippen LogP contribution in [0.3, 0.4) is 0 Å². The fraction of sp³-hybridized carbons (Fsp3) is 0.800. The molecule has 470 valence electrons. The molecule has 0 saturated heterocycles. The lowest BCUT2D eigenvalue weighted by Gasteiger charge is -2.18. The zero-order chi connectivity index (χ0) is 58.5. The molecule has 0 aromatic carbocycles. The Morgan fingerprint density at radius 3 is 0.765 bits per heavy atom. The summed E-state index contributed by atoms with van der Waals surface area (Å²) in [5, 5.41) is 0. The fourth-order valence-corrected chi connectivity index (χ4v) is 10.4. The van der Waals surface area contributed by atoms with E-state index in [1.807, 2.05) is 0 Å². The van der Waals surface area contributed by atoms with Crippen molar-refractivity contribution < 1.29 is 28.6 Å². The van der Waals surface area contributed by atoms with Gasteiger partial charge in [0.25, 0.3) is 0 Å². The predicted octanol–water partition coefficient (Wildman–Crippen LogP) is 24.4. The van der Waals surface area contributed by atoms with Crippen molar-refractivity contribution in [3.63, 3.8) is 0 Å². The first kappa shape index (κ1) is 77.9. The van der Waals surface area contributed by atoms with Gasteiger partial charge in [0, 0.05) is 19.3 Å². The van der Waals surface area contributed by atoms with E-state index < -0.39 is 6.10 Å². The highest BCUT2D eigenvalue weighted by Gasteiger charge is 2.19. The predicted molar refractivity (Wildman–Crippen MR) is 353 cm³/mol. The first-order valence-electron chi connectivity index (χ1n) is 35.4. The normalized spacial score (nSPS) is 12.5. The molecular formula is C75H134O6. The summed E-state index contributed by atoms with van der Waals surface area (Å²) in [5.74, 6) is -0.852. The number of ether oxygens (including phenoxy) is 3. The minimum atomic E-state index is -0.774. The third-order valence-corrected chi connectivity index (χ3v) is 15.7. The van der Waals surface area contributed by atoms with E-state index in [0.29, 0.717) is 19.3 Å². The van der Waals surface area contributed by atoms with Gasteiger partial charge < -0.3 is 14.2 Å². The largest absolute Gasteiger partial charge is 0.462 e. The number of esters is 3. The minimum Gasteiger partial charge on any atom is -0.462 e. The molecule has 0 saturated carbocycles. The molecule has 1 atom stereocenters. The lowest BCUT2D eigenvalue weighted by molar-refractivity contribution is -0.167. The molecule has 81 heavy (non-hydrogen) atoms. The van der Waals surface area contributed by atoms with Gasteiger partial charge in [-0.1, -0.05) is 331 Å². The molecule has 0 aliphatic rings. The van der Waals surface area contributed by atoms with E-state index in [4.69, 9.17) is 14.2 Å². The quantitative estimate of drug-likeness (QED) is 0.0261. The number of carbonyl (C=O) groups excluding carboxylic acids is 3. The molecule has 0 heterocycles. The Kier molecular flexibility index (Phi) is 66.6. The minimum absolute atomic E-state index is 0.0707. The summed E-state index contributed by atoms with van der Waals surface area (Å²) in [6.45, 7) is 6.57. The first-order valence-corrected chi connectivity index (χ1v) is 35.4. The Morgan fingerprint density at radius 2 is 0.481 bits per heavy atom. The second kappa shape index (κ2) is 69.3. The van der Waals surface area contributed by atoms with Crippen molar-refractivity contribution in [3.05, 3.63) is 72.9 Å². The van der Waals surface area contributed by atoms with Crippen molar-refractivity contribution in [2.45, 2.75) is 374 Å². The smallest absolute Gasteiger partial charge is 0.306 e. The van der Waals surface area contributed by atoms with Crippen molar-refractivity contribution >= 4 is 17.9 Å². The molecule has 0 bridgehead atoms. The molecule has 0 spiro atoms. The zero-order valence-electron chi connectivity index (χ0n) is 54.1. The van der Waals surface area contributed by atoms with Gasteiger partial charge in [-0.25, -0.2) is 0 Å². The second-order valence-corrected chi connectivity index (χ2v) is 23.8. The Bertz CT molecular complexity index is 1490. The van der Waals surface area contributed by atoms with Crippen molar-refractivity contribution in [2.75, 3.05) is 13.2 Å². The van der Waals surface area contributed by atoms with E-state index in [1.54, 1.807) is 0 Å². The van der Waals surface area contributed by atoms with Gasteiger partial charge in [0.1, 0.15) is 13.2 Å². The highest BCUT2D eigenvalue weighted by Crippen LogP contribution is 2.18. The van der Waals surface area contributed by atoms with E-state index in [9.17, 15) is 14.4 Å². The van der Waals surface area contributed by atoms with Crippen molar-refractivity contribution in [1.82, 2.24) is 0 Å². The summed E-state index contributed by atoms with van der Waals surface area (Å²) in [7, 11) is 0. The molecule has 0 radical (unpaired) electrons. The van der Waals surface area contributed by atoms with E-state index >= 15 is 0 Å². The molecule has 6 heteroatoms. The molecule has 0 fully saturated rings. The van der Waals surface area contributed by atoms with E-state index in [2.05, 4.69) is 93.7 Å². The summed E-state index contributed by atoms with van der Waals surface area (Å²) in [6.07, 6.45) is 90.8. The molecule has 0 aromatic heterocycles. The van der Waals surface area contributed by atoms with Gasteiger partial charge >= 0.3 is 17.9 Å². The number of unbranched alkanes of at least 4 members (excludes halogenated alkanes) is 42. The average Bonchev–Trinajstić information content (AvgIpc) is 3.47. The standard InChI is InChI=1S/C75H134O6/c1-4-7-10-13-16-19-22-24-26-28-30-32-34-35-36-37-38-39-41-42-44-46-48-50-53-56-59-62-65-68-74(77)80-71-72(70-79-73(76)67-64-61-58-55-52-21-18-15-12-9-6-3)81-75(78)69-66-63-60-57-54-51-49-47-45-43-40-33-31-29-27-25-23-20-17-14-11-8-5-2/h7,10,16,19,24,26,29-32,35-36,72H,4-6,8-9,11-15,17-18,20-23,25,27-28,33-34,37-71H2,1-3H3/b10-7-,19-16-,26-24-,31-29-,32-30-,36-35-. The van der Waals surface area contributed by atoms with Crippen LogP contribution in [-0.4, -0.2) is 37.2 Å². The topological polar surface area (TPSA) is 78.9 Å². The first-order chi connectivity index (χ1) is 40.0. The Hall–Kier alpha value is -3.15. The van der Waals surface area contributed by atoms with Crippen LogP contribution < -0.4 is 0 Å². The highest BCUT2D eigenvalue weighted by atomic mass is 16.6. The second-order valence-electron chi connectivity index (χ2n) is 23.8. The van der Waals surface area contributed by atoms with Gasteiger partial charge in [0.05, 0.1) is 0 Å². The van der Waals surface area contributed by atoms with Crippen molar-refractivity contribution in [2.24, 2.45) is 0 Å². The Balaban J connectivity index is 4.19. The molecule has 0 aliphatic heterocycles. The maximum atomic E-state index is 12.9. The van der Waals surface area contributed by atoms with Crippen LogP contribution in [0, 0.1) is 0 Å². The summed E-state index contributed by atoms with van der Waals surface area (Å²) in [4.78, 5) is 38.4. The van der Waals surface area contributed by atoms with Gasteiger partial charge in [0.2, 0.25) is 0 Å². The number of hydrogen-bond acceptors (Lipinski definition) is 6. The molecule has 1 unspecified atom stereocenters. The summed E-state index contributed by atoms with van der Waals surface area (Å²) >= 11 is 0. The number of allylic oxidation sites excluding steroid dienone is 12. The van der Waals surface area contributed by atoms with Gasteiger partial charge in [-0.15, -0.1) is 0 Å². The van der Waals surface area contributed by atoms with Crippen LogP contribution in [0.25, 0.3) is 0 Å². The summed E-state index contributed by atoms with van der Waals surface area (Å²) in [5.41, 5.74) is 0. The molecule has 0 aromatic rings. The monoisotopic (exact) mass is 1130 g/mol.